The second-order valence-corrected chi connectivity index (χ2v) is 5.33. The lowest BCUT2D eigenvalue weighted by molar-refractivity contribution is -0.274. The van der Waals surface area contributed by atoms with Gasteiger partial charge < -0.3 is 10.5 Å². The van der Waals surface area contributed by atoms with Crippen LogP contribution in [-0.2, 0) is 0 Å². The zero-order valence-electron chi connectivity index (χ0n) is 11.5. The largest absolute Gasteiger partial charge is 0.573 e. The zero-order valence-corrected chi connectivity index (χ0v) is 12.3. The molecule has 0 aliphatic rings. The van der Waals surface area contributed by atoms with Gasteiger partial charge in [-0.05, 0) is 31.0 Å². The van der Waals surface area contributed by atoms with Crippen LogP contribution in [-0.4, -0.2) is 43.4 Å². The van der Waals surface area contributed by atoms with E-state index < -0.39 is 6.36 Å². The van der Waals surface area contributed by atoms with Crippen LogP contribution >= 0.6 is 11.8 Å². The Morgan fingerprint density at radius 3 is 2.65 bits per heavy atom. The van der Waals surface area contributed by atoms with Gasteiger partial charge in [-0.25, -0.2) is 0 Å². The number of benzene rings is 1. The van der Waals surface area contributed by atoms with E-state index in [0.29, 0.717) is 6.54 Å². The van der Waals surface area contributed by atoms with Gasteiger partial charge in [-0.15, -0.1) is 13.2 Å². The summed E-state index contributed by atoms with van der Waals surface area (Å²) in [5.41, 5.74) is 6.46. The molecule has 114 valence electrons. The number of thioether (sulfide) groups is 1. The Labute approximate surface area is 121 Å². The minimum atomic E-state index is -4.68. The van der Waals surface area contributed by atoms with Gasteiger partial charge >= 0.3 is 6.36 Å². The molecule has 0 heterocycles. The molecule has 0 radical (unpaired) electrons. The van der Waals surface area contributed by atoms with Crippen LogP contribution in [0.15, 0.2) is 24.3 Å². The van der Waals surface area contributed by atoms with E-state index in [1.165, 1.54) is 12.1 Å². The maximum absolute atomic E-state index is 12.2. The van der Waals surface area contributed by atoms with Crippen LogP contribution in [0.3, 0.4) is 0 Å². The predicted octanol–water partition coefficient (Wildman–Crippen LogP) is 2.88. The van der Waals surface area contributed by atoms with Crippen LogP contribution in [0.2, 0.25) is 0 Å². The first kappa shape index (κ1) is 17.1. The van der Waals surface area contributed by atoms with Gasteiger partial charge in [0.2, 0.25) is 0 Å². The van der Waals surface area contributed by atoms with Crippen molar-refractivity contribution in [1.29, 1.82) is 0 Å². The summed E-state index contributed by atoms with van der Waals surface area (Å²) in [4.78, 5) is 2.03. The molecule has 3 nitrogen and oxygen atoms in total. The average Bonchev–Trinajstić information content (AvgIpc) is 2.35. The minimum absolute atomic E-state index is 0.126. The van der Waals surface area contributed by atoms with E-state index in [4.69, 9.17) is 5.73 Å². The van der Waals surface area contributed by atoms with Gasteiger partial charge in [-0.2, -0.15) is 11.8 Å². The molecule has 7 heteroatoms. The average molecular weight is 308 g/mol. The van der Waals surface area contributed by atoms with E-state index in [2.05, 4.69) is 4.74 Å². The van der Waals surface area contributed by atoms with Crippen LogP contribution in [0, 0.1) is 0 Å². The first-order chi connectivity index (χ1) is 9.37. The van der Waals surface area contributed by atoms with Crippen LogP contribution in [0.5, 0.6) is 5.75 Å². The van der Waals surface area contributed by atoms with Crippen molar-refractivity contribution in [3.05, 3.63) is 29.8 Å². The first-order valence-corrected chi connectivity index (χ1v) is 7.51. The molecule has 0 aliphatic heterocycles. The van der Waals surface area contributed by atoms with Gasteiger partial charge in [0.15, 0.2) is 0 Å². The summed E-state index contributed by atoms with van der Waals surface area (Å²) in [5.74, 6) is 0.720. The molecule has 0 amide bonds. The lowest BCUT2D eigenvalue weighted by Gasteiger charge is -2.27. The summed E-state index contributed by atoms with van der Waals surface area (Å²) in [6, 6.07) is 5.85. The molecule has 0 aromatic heterocycles. The molecular weight excluding hydrogens is 289 g/mol. The number of hydrogen-bond acceptors (Lipinski definition) is 4. The highest BCUT2D eigenvalue weighted by Gasteiger charge is 2.31. The summed E-state index contributed by atoms with van der Waals surface area (Å²) >= 11 is 1.71. The molecule has 0 saturated carbocycles. The van der Waals surface area contributed by atoms with Crippen molar-refractivity contribution in [1.82, 2.24) is 4.90 Å². The Hall–Kier alpha value is -0.920. The van der Waals surface area contributed by atoms with E-state index in [1.807, 2.05) is 18.2 Å². The monoisotopic (exact) mass is 308 g/mol. The fourth-order valence-electron chi connectivity index (χ4n) is 1.88. The summed E-state index contributed by atoms with van der Waals surface area (Å²) in [6.07, 6.45) is -2.68. The van der Waals surface area contributed by atoms with E-state index in [-0.39, 0.29) is 11.8 Å². The summed E-state index contributed by atoms with van der Waals surface area (Å²) in [5, 5.41) is 0. The van der Waals surface area contributed by atoms with Crippen molar-refractivity contribution in [2.45, 2.75) is 12.4 Å². The Morgan fingerprint density at radius 2 is 2.10 bits per heavy atom. The van der Waals surface area contributed by atoms with Crippen molar-refractivity contribution >= 4 is 11.8 Å². The highest BCUT2D eigenvalue weighted by Crippen LogP contribution is 2.27. The van der Waals surface area contributed by atoms with Gasteiger partial charge in [-0.1, -0.05) is 12.1 Å². The number of halogens is 3. The first-order valence-electron chi connectivity index (χ1n) is 6.12. The Morgan fingerprint density at radius 1 is 1.40 bits per heavy atom. The third kappa shape index (κ3) is 5.60. The second-order valence-electron chi connectivity index (χ2n) is 4.35. The molecule has 2 N–H and O–H groups in total. The van der Waals surface area contributed by atoms with Crippen molar-refractivity contribution in [3.8, 4) is 5.75 Å². The highest BCUT2D eigenvalue weighted by molar-refractivity contribution is 7.98. The molecule has 1 aromatic rings. The quantitative estimate of drug-likeness (QED) is 0.840. The lowest BCUT2D eigenvalue weighted by atomic mass is 10.1. The Kier molecular flexibility index (Phi) is 6.64. The van der Waals surface area contributed by atoms with Crippen LogP contribution in [0.1, 0.15) is 11.6 Å². The maximum atomic E-state index is 12.2. The van der Waals surface area contributed by atoms with Crippen LogP contribution in [0.25, 0.3) is 0 Å². The SMILES string of the molecule is CSCCN(C)C(CN)c1cccc(OC(F)(F)F)c1. The number of rotatable bonds is 7. The predicted molar refractivity (Wildman–Crippen MR) is 75.9 cm³/mol. The van der Waals surface area contributed by atoms with Gasteiger partial charge in [0.1, 0.15) is 5.75 Å². The standard InChI is InChI=1S/C13H19F3N2OS/c1-18(6-7-20-2)12(9-17)10-4-3-5-11(8-10)19-13(14,15)16/h3-5,8,12H,6-7,9,17H2,1-2H3. The van der Waals surface area contributed by atoms with Gasteiger partial charge in [0, 0.05) is 24.9 Å². The third-order valence-electron chi connectivity index (χ3n) is 2.88. The van der Waals surface area contributed by atoms with Crippen LogP contribution < -0.4 is 10.5 Å². The molecule has 1 rings (SSSR count). The van der Waals surface area contributed by atoms with Crippen molar-refractivity contribution < 1.29 is 17.9 Å². The fourth-order valence-corrected chi connectivity index (χ4v) is 2.35. The van der Waals surface area contributed by atoms with E-state index in [0.717, 1.165) is 17.9 Å². The normalized spacial score (nSPS) is 13.6. The summed E-state index contributed by atoms with van der Waals surface area (Å²) in [6.45, 7) is 1.15. The third-order valence-corrected chi connectivity index (χ3v) is 3.47. The summed E-state index contributed by atoms with van der Waals surface area (Å²) < 4.78 is 40.6. The van der Waals surface area contributed by atoms with Crippen molar-refractivity contribution in [2.75, 3.05) is 32.1 Å². The molecule has 0 spiro atoms. The molecule has 0 saturated heterocycles. The smallest absolute Gasteiger partial charge is 0.406 e. The highest BCUT2D eigenvalue weighted by atomic mass is 32.2. The molecule has 0 bridgehead atoms. The topological polar surface area (TPSA) is 38.5 Å². The zero-order chi connectivity index (χ0) is 15.2. The van der Waals surface area contributed by atoms with E-state index in [9.17, 15) is 13.2 Å². The van der Waals surface area contributed by atoms with Crippen molar-refractivity contribution in [3.63, 3.8) is 0 Å². The number of alkyl halides is 3. The molecule has 0 fully saturated rings. The number of nitrogens with zero attached hydrogens (tertiary/aromatic N) is 1. The van der Waals surface area contributed by atoms with Gasteiger partial charge in [-0.3, -0.25) is 4.90 Å². The molecule has 1 aromatic carbocycles. The van der Waals surface area contributed by atoms with Gasteiger partial charge in [0.05, 0.1) is 0 Å². The molecule has 1 atom stereocenters. The number of nitrogens with two attached hydrogens (primary N) is 1. The van der Waals surface area contributed by atoms with E-state index in [1.54, 1.807) is 23.9 Å². The molecule has 1 unspecified atom stereocenters. The molecular formula is C13H19F3N2OS. The van der Waals surface area contributed by atoms with Gasteiger partial charge in [0.25, 0.3) is 0 Å². The minimum Gasteiger partial charge on any atom is -0.406 e. The second kappa shape index (κ2) is 7.75. The maximum Gasteiger partial charge on any atom is 0.573 e. The molecule has 0 aliphatic carbocycles. The number of likely N-dealkylation sites (N-methyl/N-ethyl adjacent to an activating group) is 1. The van der Waals surface area contributed by atoms with E-state index >= 15 is 0 Å². The van der Waals surface area contributed by atoms with Crippen LogP contribution in [0.4, 0.5) is 13.2 Å². The number of ether oxygens (including phenoxy) is 1. The Bertz CT molecular complexity index is 415. The fraction of sp³-hybridized carbons (Fsp3) is 0.538. The van der Waals surface area contributed by atoms with Crippen molar-refractivity contribution in [2.24, 2.45) is 5.73 Å². The summed E-state index contributed by atoms with van der Waals surface area (Å²) in [7, 11) is 1.91. The Balaban J connectivity index is 2.84. The lowest BCUT2D eigenvalue weighted by Crippen LogP contribution is -2.32. The number of hydrogen-bond donors (Lipinski definition) is 1. The molecule has 20 heavy (non-hydrogen) atoms.